The second-order valence-electron chi connectivity index (χ2n) is 10.9. The van der Waals surface area contributed by atoms with Crippen molar-refractivity contribution in [2.75, 3.05) is 25.5 Å². The third-order valence-corrected chi connectivity index (χ3v) is 7.79. The summed E-state index contributed by atoms with van der Waals surface area (Å²) < 4.78 is 0. The van der Waals surface area contributed by atoms with Crippen molar-refractivity contribution in [3.8, 4) is 5.75 Å². The first-order valence-electron chi connectivity index (χ1n) is 12.3. The molecule has 10 nitrogen and oxygen atoms in total. The molecule has 1 amide bonds. The summed E-state index contributed by atoms with van der Waals surface area (Å²) in [5.74, 6) is -6.69. The monoisotopic (exact) mass is 501 g/mol. The first kappa shape index (κ1) is 26.1. The summed E-state index contributed by atoms with van der Waals surface area (Å²) in [6, 6.07) is 1.85. The van der Waals surface area contributed by atoms with Crippen LogP contribution in [0.5, 0.6) is 5.75 Å². The Morgan fingerprint density at radius 2 is 1.92 bits per heavy atom. The van der Waals surface area contributed by atoms with Crippen molar-refractivity contribution in [1.29, 1.82) is 0 Å². The van der Waals surface area contributed by atoms with Gasteiger partial charge in [-0.15, -0.1) is 0 Å². The van der Waals surface area contributed by atoms with Gasteiger partial charge in [0.05, 0.1) is 11.7 Å². The Morgan fingerprint density at radius 3 is 2.50 bits per heavy atom. The molecule has 0 bridgehead atoms. The van der Waals surface area contributed by atoms with Crippen LogP contribution in [0.2, 0.25) is 0 Å². The van der Waals surface area contributed by atoms with E-state index in [0.717, 1.165) is 5.69 Å². The van der Waals surface area contributed by atoms with Crippen LogP contribution >= 0.6 is 0 Å². The lowest BCUT2D eigenvalue weighted by molar-refractivity contribution is -0.174. The molecule has 0 aromatic heterocycles. The number of aromatic hydroxyl groups is 1. The molecule has 5 atom stereocenters. The van der Waals surface area contributed by atoms with E-state index in [0.29, 0.717) is 30.1 Å². The third kappa shape index (κ3) is 3.88. The van der Waals surface area contributed by atoms with E-state index in [2.05, 4.69) is 19.2 Å². The summed E-state index contributed by atoms with van der Waals surface area (Å²) in [6.07, 6.45) is -1.12. The summed E-state index contributed by atoms with van der Waals surface area (Å²) in [4.78, 5) is 40.5. The molecule has 2 saturated carbocycles. The van der Waals surface area contributed by atoms with Crippen LogP contribution in [0.25, 0.3) is 5.76 Å². The van der Waals surface area contributed by atoms with Gasteiger partial charge in [0.25, 0.3) is 0 Å². The predicted molar refractivity (Wildman–Crippen MR) is 132 cm³/mol. The molecule has 1 aromatic carbocycles. The number of anilines is 1. The molecule has 10 heteroatoms. The highest BCUT2D eigenvalue weighted by atomic mass is 16.3. The Labute approximate surface area is 209 Å². The Hall–Kier alpha value is -2.95. The first-order chi connectivity index (χ1) is 16.8. The van der Waals surface area contributed by atoms with E-state index >= 15 is 0 Å². The second kappa shape index (κ2) is 9.17. The number of Topliss-reactive ketones (excluding diaryl/α,β-unsaturated/α-hetero) is 2. The molecule has 36 heavy (non-hydrogen) atoms. The van der Waals surface area contributed by atoms with E-state index in [4.69, 9.17) is 5.73 Å². The maximum Gasteiger partial charge on any atom is 0.230 e. The fourth-order valence-corrected chi connectivity index (χ4v) is 6.06. The van der Waals surface area contributed by atoms with Crippen molar-refractivity contribution in [2.45, 2.75) is 51.4 Å². The van der Waals surface area contributed by atoms with Crippen LogP contribution in [0.1, 0.15) is 43.4 Å². The zero-order valence-corrected chi connectivity index (χ0v) is 21.0. The highest BCUT2D eigenvalue weighted by molar-refractivity contribution is 6.24. The number of phenolic OH excluding ortho intramolecular Hbond substituents is 1. The fraction of sp³-hybridized carbons (Fsp3) is 0.577. The van der Waals surface area contributed by atoms with Gasteiger partial charge in [-0.1, -0.05) is 13.8 Å². The zero-order chi connectivity index (χ0) is 26.7. The summed E-state index contributed by atoms with van der Waals surface area (Å²) >= 11 is 0. The molecule has 1 aromatic rings. The molecule has 0 radical (unpaired) electrons. The van der Waals surface area contributed by atoms with Crippen LogP contribution < -0.4 is 16.0 Å². The summed E-state index contributed by atoms with van der Waals surface area (Å²) in [7, 11) is 3.69. The number of rotatable bonds is 6. The molecule has 2 unspecified atom stereocenters. The summed E-state index contributed by atoms with van der Waals surface area (Å²) in [5.41, 5.74) is 4.66. The van der Waals surface area contributed by atoms with Crippen LogP contribution in [0.3, 0.4) is 0 Å². The van der Waals surface area contributed by atoms with Gasteiger partial charge in [-0.25, -0.2) is 0 Å². The molecule has 0 spiro atoms. The van der Waals surface area contributed by atoms with E-state index in [-0.39, 0.29) is 36.1 Å². The molecule has 0 aliphatic heterocycles. The first-order valence-corrected chi connectivity index (χ1v) is 12.3. The molecule has 196 valence electrons. The van der Waals surface area contributed by atoms with Crippen molar-refractivity contribution < 1.29 is 34.8 Å². The molecule has 7 N–H and O–H groups in total. The lowest BCUT2D eigenvalue weighted by Crippen LogP contribution is -2.66. The molecule has 3 aliphatic rings. The number of aliphatic hydroxyl groups is 3. The predicted octanol–water partition coefficient (Wildman–Crippen LogP) is 0.401. The Kier molecular flexibility index (Phi) is 6.65. The third-order valence-electron chi connectivity index (χ3n) is 7.79. The normalized spacial score (nSPS) is 29.6. The van der Waals surface area contributed by atoms with Crippen LogP contribution in [0, 0.1) is 23.7 Å². The van der Waals surface area contributed by atoms with Gasteiger partial charge in [0.15, 0.2) is 11.4 Å². The minimum atomic E-state index is -2.58. The largest absolute Gasteiger partial charge is 0.507 e. The quantitative estimate of drug-likeness (QED) is 0.302. The van der Waals surface area contributed by atoms with E-state index in [1.54, 1.807) is 0 Å². The summed E-state index contributed by atoms with van der Waals surface area (Å²) in [5, 5.41) is 47.6. The van der Waals surface area contributed by atoms with E-state index in [9.17, 15) is 34.8 Å². The number of carbonyl (C=O) groups is 3. The number of ketones is 2. The molecular formula is C26H35N3O7. The smallest absolute Gasteiger partial charge is 0.230 e. The highest BCUT2D eigenvalue weighted by Crippen LogP contribution is 2.53. The molecule has 0 heterocycles. The minimum absolute atomic E-state index is 0.110. The number of carbonyl (C=O) groups excluding carboxylic acids is 3. The number of fused-ring (bicyclic) bond motifs is 3. The number of hydrogen-bond acceptors (Lipinski definition) is 9. The van der Waals surface area contributed by atoms with Gasteiger partial charge < -0.3 is 36.4 Å². The minimum Gasteiger partial charge on any atom is -0.507 e. The fourth-order valence-electron chi connectivity index (χ4n) is 6.06. The SMILES string of the molecule is CC(C)CNCc1cc(N(C)C)c2c(c1O)C(O)=C1C(=O)[C@]3(O)C(=O)C(C(N)=O)C(O)C[C@@H]3C[C@@H]1C2. The van der Waals surface area contributed by atoms with Gasteiger partial charge in [-0.05, 0) is 49.3 Å². The highest BCUT2D eigenvalue weighted by Gasteiger charge is 2.64. The van der Waals surface area contributed by atoms with E-state index in [1.165, 1.54) is 0 Å². The van der Waals surface area contributed by atoms with Gasteiger partial charge in [-0.2, -0.15) is 0 Å². The molecule has 3 aliphatic carbocycles. The Morgan fingerprint density at radius 1 is 1.25 bits per heavy atom. The average molecular weight is 502 g/mol. The van der Waals surface area contributed by atoms with Crippen molar-refractivity contribution >= 4 is 28.9 Å². The number of nitrogens with one attached hydrogen (secondary N) is 1. The van der Waals surface area contributed by atoms with Gasteiger partial charge in [0, 0.05) is 43.4 Å². The number of phenols is 1. The number of benzene rings is 1. The Balaban J connectivity index is 1.84. The zero-order valence-electron chi connectivity index (χ0n) is 21.0. The van der Waals surface area contributed by atoms with Gasteiger partial charge in [0.1, 0.15) is 17.4 Å². The number of primary amides is 1. The lowest BCUT2D eigenvalue weighted by atomic mass is 9.56. The average Bonchev–Trinajstić information content (AvgIpc) is 2.77. The molecule has 4 rings (SSSR count). The number of nitrogens with zero attached hydrogens (tertiary/aromatic N) is 1. The second-order valence-corrected chi connectivity index (χ2v) is 10.9. The van der Waals surface area contributed by atoms with Crippen molar-refractivity contribution in [3.63, 3.8) is 0 Å². The molecule has 2 fully saturated rings. The lowest BCUT2D eigenvalue weighted by Gasteiger charge is -2.48. The van der Waals surface area contributed by atoms with Crippen LogP contribution in [-0.4, -0.2) is 70.2 Å². The van der Waals surface area contributed by atoms with E-state index in [1.807, 2.05) is 25.1 Å². The van der Waals surface area contributed by atoms with Crippen LogP contribution in [0.15, 0.2) is 11.6 Å². The number of aliphatic hydroxyl groups excluding tert-OH is 2. The van der Waals surface area contributed by atoms with Crippen molar-refractivity contribution in [2.24, 2.45) is 29.4 Å². The van der Waals surface area contributed by atoms with Gasteiger partial charge in [0.2, 0.25) is 11.7 Å². The number of hydrogen-bond donors (Lipinski definition) is 6. The number of nitrogens with two attached hydrogens (primary N) is 1. The standard InChI is InChI=1S/C26H35N3O7/c1-11(2)9-28-10-13-7-16(29(3)4)15-6-12-5-14-8-17(30)20(25(27)35)24(34)26(14,36)23(33)18(12)22(32)19(15)21(13)31/h7,11-12,14,17,20,28,30-32,36H,5-6,8-10H2,1-4H3,(H2,27,35)/t12-,14+,17?,20?,26+/m1/s1. The van der Waals surface area contributed by atoms with Gasteiger partial charge in [-0.3, -0.25) is 14.4 Å². The Bertz CT molecular complexity index is 1160. The van der Waals surface area contributed by atoms with Gasteiger partial charge >= 0.3 is 0 Å². The van der Waals surface area contributed by atoms with Crippen molar-refractivity contribution in [1.82, 2.24) is 5.32 Å². The van der Waals surface area contributed by atoms with E-state index < -0.39 is 52.7 Å². The number of amides is 1. The van der Waals surface area contributed by atoms with Crippen LogP contribution in [0.4, 0.5) is 5.69 Å². The molecule has 0 saturated heterocycles. The van der Waals surface area contributed by atoms with Crippen LogP contribution in [-0.2, 0) is 27.3 Å². The maximum atomic E-state index is 13.7. The topological polar surface area (TPSA) is 173 Å². The summed E-state index contributed by atoms with van der Waals surface area (Å²) in [6.45, 7) is 5.16. The maximum absolute atomic E-state index is 13.7. The van der Waals surface area contributed by atoms with Crippen molar-refractivity contribution in [3.05, 3.63) is 28.3 Å². The molecular weight excluding hydrogens is 466 g/mol.